The monoisotopic (exact) mass is 340 g/mol. The lowest BCUT2D eigenvalue weighted by Crippen LogP contribution is -2.41. The number of aromatic nitrogens is 1. The quantitative estimate of drug-likeness (QED) is 0.891. The summed E-state index contributed by atoms with van der Waals surface area (Å²) in [7, 11) is 4.31. The number of hydrogen-bond donors (Lipinski definition) is 1. The van der Waals surface area contributed by atoms with E-state index in [0.29, 0.717) is 12.6 Å². The minimum atomic E-state index is 0.292. The smallest absolute Gasteiger partial charge is 0.0486 e. The van der Waals surface area contributed by atoms with E-state index in [9.17, 15) is 0 Å². The molecule has 1 atom stereocenters. The molecule has 1 aromatic rings. The lowest BCUT2D eigenvalue weighted by atomic mass is 9.94. The zero-order valence-corrected chi connectivity index (χ0v) is 14.0. The topological polar surface area (TPSA) is 45.4 Å². The van der Waals surface area contributed by atoms with Gasteiger partial charge in [-0.25, -0.2) is 0 Å². The Bertz CT molecular complexity index is 416. The first-order valence-electron chi connectivity index (χ1n) is 7.29. The van der Waals surface area contributed by atoms with Crippen molar-refractivity contribution in [2.75, 3.05) is 40.3 Å². The van der Waals surface area contributed by atoms with Crippen molar-refractivity contribution in [1.29, 1.82) is 0 Å². The number of halogens is 1. The third-order valence-electron chi connectivity index (χ3n) is 4.05. The Morgan fingerprint density at radius 2 is 2.10 bits per heavy atom. The van der Waals surface area contributed by atoms with Crippen molar-refractivity contribution in [3.8, 4) is 0 Å². The van der Waals surface area contributed by atoms with E-state index in [2.05, 4.69) is 50.9 Å². The summed E-state index contributed by atoms with van der Waals surface area (Å²) in [5, 5.41) is 0. The minimum Gasteiger partial charge on any atom is -0.329 e. The SMILES string of the molecule is CN(C)CC1CCN(C(CN)c2cncc(Br)c2)CC1. The van der Waals surface area contributed by atoms with Gasteiger partial charge in [0.2, 0.25) is 0 Å². The maximum absolute atomic E-state index is 6.01. The van der Waals surface area contributed by atoms with E-state index in [1.165, 1.54) is 24.9 Å². The molecule has 0 aliphatic carbocycles. The molecule has 1 aliphatic heterocycles. The average Bonchev–Trinajstić information content (AvgIpc) is 2.41. The summed E-state index contributed by atoms with van der Waals surface area (Å²) in [5.74, 6) is 0.820. The van der Waals surface area contributed by atoms with Crippen LogP contribution in [0.2, 0.25) is 0 Å². The van der Waals surface area contributed by atoms with Crippen LogP contribution in [0, 0.1) is 5.92 Å². The number of pyridine rings is 1. The van der Waals surface area contributed by atoms with Gasteiger partial charge in [0.1, 0.15) is 0 Å². The van der Waals surface area contributed by atoms with Gasteiger partial charge in [-0.15, -0.1) is 0 Å². The van der Waals surface area contributed by atoms with Crippen LogP contribution in [0.25, 0.3) is 0 Å². The molecule has 112 valence electrons. The maximum Gasteiger partial charge on any atom is 0.0486 e. The van der Waals surface area contributed by atoms with E-state index < -0.39 is 0 Å². The molecule has 0 aromatic carbocycles. The standard InChI is InChI=1S/C15H25BrN4/c1-19(2)11-12-3-5-20(6-4-12)15(8-17)13-7-14(16)10-18-9-13/h7,9-10,12,15H,3-6,8,11,17H2,1-2H3. The Morgan fingerprint density at radius 3 is 2.65 bits per heavy atom. The lowest BCUT2D eigenvalue weighted by Gasteiger charge is -2.38. The highest BCUT2D eigenvalue weighted by molar-refractivity contribution is 9.10. The summed E-state index contributed by atoms with van der Waals surface area (Å²) in [6.45, 7) is 4.11. The first-order chi connectivity index (χ1) is 9.60. The molecule has 1 saturated heterocycles. The Morgan fingerprint density at radius 1 is 1.40 bits per heavy atom. The van der Waals surface area contributed by atoms with E-state index in [4.69, 9.17) is 5.73 Å². The van der Waals surface area contributed by atoms with Crippen LogP contribution in [0.5, 0.6) is 0 Å². The molecule has 1 fully saturated rings. The zero-order chi connectivity index (χ0) is 14.5. The molecular weight excluding hydrogens is 316 g/mol. The average molecular weight is 341 g/mol. The molecule has 2 rings (SSSR count). The first kappa shape index (κ1) is 15.9. The van der Waals surface area contributed by atoms with Gasteiger partial charge in [-0.1, -0.05) is 0 Å². The molecule has 0 saturated carbocycles. The van der Waals surface area contributed by atoms with Gasteiger partial charge < -0.3 is 10.6 Å². The van der Waals surface area contributed by atoms with Gasteiger partial charge in [-0.2, -0.15) is 0 Å². The molecule has 0 spiro atoms. The highest BCUT2D eigenvalue weighted by Gasteiger charge is 2.25. The molecule has 0 radical (unpaired) electrons. The predicted octanol–water partition coefficient (Wildman–Crippen LogP) is 2.12. The molecule has 0 bridgehead atoms. The zero-order valence-electron chi connectivity index (χ0n) is 12.4. The van der Waals surface area contributed by atoms with Crippen LogP contribution in [0.4, 0.5) is 0 Å². The molecule has 2 N–H and O–H groups in total. The maximum atomic E-state index is 6.01. The van der Waals surface area contributed by atoms with E-state index in [-0.39, 0.29) is 0 Å². The minimum absolute atomic E-state index is 0.292. The number of nitrogens with zero attached hydrogens (tertiary/aromatic N) is 3. The van der Waals surface area contributed by atoms with Crippen LogP contribution in [-0.2, 0) is 0 Å². The van der Waals surface area contributed by atoms with Gasteiger partial charge in [0, 0.05) is 36.0 Å². The summed E-state index contributed by atoms with van der Waals surface area (Å²) < 4.78 is 1.02. The van der Waals surface area contributed by atoms with Crippen LogP contribution in [0.1, 0.15) is 24.4 Å². The fourth-order valence-electron chi connectivity index (χ4n) is 3.07. The fraction of sp³-hybridized carbons (Fsp3) is 0.667. The first-order valence-corrected chi connectivity index (χ1v) is 8.08. The summed E-state index contributed by atoms with van der Waals surface area (Å²) in [6.07, 6.45) is 6.28. The van der Waals surface area contributed by atoms with E-state index in [1.54, 1.807) is 0 Å². The largest absolute Gasteiger partial charge is 0.329 e. The fourth-order valence-corrected chi connectivity index (χ4v) is 3.45. The Hall–Kier alpha value is -0.490. The van der Waals surface area contributed by atoms with Crippen LogP contribution >= 0.6 is 15.9 Å². The van der Waals surface area contributed by atoms with Crippen molar-refractivity contribution in [2.24, 2.45) is 11.7 Å². The number of rotatable bonds is 5. The van der Waals surface area contributed by atoms with Crippen molar-refractivity contribution in [2.45, 2.75) is 18.9 Å². The number of piperidine rings is 1. The van der Waals surface area contributed by atoms with Crippen LogP contribution in [0.15, 0.2) is 22.9 Å². The van der Waals surface area contributed by atoms with E-state index in [0.717, 1.165) is 23.5 Å². The molecule has 20 heavy (non-hydrogen) atoms. The van der Waals surface area contributed by atoms with Crippen molar-refractivity contribution >= 4 is 15.9 Å². The normalized spacial score (nSPS) is 19.4. The molecule has 1 unspecified atom stereocenters. The van der Waals surface area contributed by atoms with Gasteiger partial charge in [0.05, 0.1) is 0 Å². The second-order valence-electron chi connectivity index (χ2n) is 5.93. The molecule has 2 heterocycles. The predicted molar refractivity (Wildman–Crippen MR) is 86.6 cm³/mol. The van der Waals surface area contributed by atoms with Crippen LogP contribution in [0.3, 0.4) is 0 Å². The Kier molecular flexibility index (Phi) is 5.96. The molecule has 4 nitrogen and oxygen atoms in total. The van der Waals surface area contributed by atoms with Crippen LogP contribution < -0.4 is 5.73 Å². The highest BCUT2D eigenvalue weighted by Crippen LogP contribution is 2.27. The second-order valence-corrected chi connectivity index (χ2v) is 6.85. The number of nitrogens with two attached hydrogens (primary N) is 1. The highest BCUT2D eigenvalue weighted by atomic mass is 79.9. The van der Waals surface area contributed by atoms with Gasteiger partial charge in [0.15, 0.2) is 0 Å². The second kappa shape index (κ2) is 7.50. The van der Waals surface area contributed by atoms with E-state index >= 15 is 0 Å². The summed E-state index contributed by atoms with van der Waals surface area (Å²) >= 11 is 3.49. The van der Waals surface area contributed by atoms with Gasteiger partial charge in [0.25, 0.3) is 0 Å². The summed E-state index contributed by atoms with van der Waals surface area (Å²) in [6, 6.07) is 2.43. The molecule has 5 heteroatoms. The summed E-state index contributed by atoms with van der Waals surface area (Å²) in [5.41, 5.74) is 7.22. The van der Waals surface area contributed by atoms with Gasteiger partial charge in [-0.05, 0) is 73.5 Å². The summed E-state index contributed by atoms with van der Waals surface area (Å²) in [4.78, 5) is 9.07. The molecule has 1 aliphatic rings. The molecule has 0 amide bonds. The van der Waals surface area contributed by atoms with Crippen molar-refractivity contribution < 1.29 is 0 Å². The van der Waals surface area contributed by atoms with Crippen molar-refractivity contribution in [3.63, 3.8) is 0 Å². The third kappa shape index (κ3) is 4.25. The van der Waals surface area contributed by atoms with E-state index in [1.807, 2.05) is 12.4 Å². The Balaban J connectivity index is 1.97. The van der Waals surface area contributed by atoms with Gasteiger partial charge in [-0.3, -0.25) is 9.88 Å². The molecular formula is C15H25BrN4. The lowest BCUT2D eigenvalue weighted by molar-refractivity contribution is 0.122. The number of hydrogen-bond acceptors (Lipinski definition) is 4. The molecule has 1 aromatic heterocycles. The van der Waals surface area contributed by atoms with Gasteiger partial charge >= 0.3 is 0 Å². The third-order valence-corrected chi connectivity index (χ3v) is 4.48. The van der Waals surface area contributed by atoms with Crippen LogP contribution in [-0.4, -0.2) is 55.1 Å². The van der Waals surface area contributed by atoms with Crippen molar-refractivity contribution in [1.82, 2.24) is 14.8 Å². The Labute approximate surface area is 130 Å². The van der Waals surface area contributed by atoms with Crippen molar-refractivity contribution in [3.05, 3.63) is 28.5 Å². The number of likely N-dealkylation sites (tertiary alicyclic amines) is 1.